The molecule has 1 aromatic rings. The zero-order valence-electron chi connectivity index (χ0n) is 11.9. The van der Waals surface area contributed by atoms with E-state index < -0.39 is 5.97 Å². The lowest BCUT2D eigenvalue weighted by Gasteiger charge is -2.14. The molecule has 1 aliphatic rings. The number of ether oxygens (including phenoxy) is 1. The van der Waals surface area contributed by atoms with Gasteiger partial charge in [0.25, 0.3) is 5.91 Å². The Bertz CT molecular complexity index is 625. The predicted octanol–water partition coefficient (Wildman–Crippen LogP) is 1.43. The maximum absolute atomic E-state index is 12.3. The first-order valence-electron chi connectivity index (χ1n) is 6.60. The molecular formula is C15H14NO4S2-. The number of hydrogen-bond acceptors (Lipinski definition) is 6. The highest BCUT2D eigenvalue weighted by molar-refractivity contribution is 8.26. The number of methoxy groups -OCH3 is 1. The van der Waals surface area contributed by atoms with Crippen molar-refractivity contribution in [1.29, 1.82) is 0 Å². The fourth-order valence-electron chi connectivity index (χ4n) is 1.93. The number of aliphatic carboxylic acids is 1. The van der Waals surface area contributed by atoms with Crippen molar-refractivity contribution in [3.05, 3.63) is 34.7 Å². The van der Waals surface area contributed by atoms with Crippen molar-refractivity contribution in [2.75, 3.05) is 13.7 Å². The van der Waals surface area contributed by atoms with Crippen LogP contribution in [0, 0.1) is 0 Å². The van der Waals surface area contributed by atoms with Crippen LogP contribution in [0.1, 0.15) is 18.4 Å². The second-order valence-corrected chi connectivity index (χ2v) is 6.26. The molecule has 0 radical (unpaired) electrons. The second kappa shape index (κ2) is 7.42. The van der Waals surface area contributed by atoms with Gasteiger partial charge in [-0.2, -0.15) is 0 Å². The van der Waals surface area contributed by atoms with E-state index in [4.69, 9.17) is 17.0 Å². The summed E-state index contributed by atoms with van der Waals surface area (Å²) in [5, 5.41) is 10.4. The van der Waals surface area contributed by atoms with Crippen molar-refractivity contribution in [2.45, 2.75) is 12.8 Å². The average Bonchev–Trinajstić information content (AvgIpc) is 2.75. The summed E-state index contributed by atoms with van der Waals surface area (Å²) in [4.78, 5) is 24.7. The van der Waals surface area contributed by atoms with Crippen LogP contribution in [-0.4, -0.2) is 34.8 Å². The van der Waals surface area contributed by atoms with Crippen LogP contribution in [0.5, 0.6) is 5.75 Å². The summed E-state index contributed by atoms with van der Waals surface area (Å²) >= 11 is 6.39. The number of carboxylic acid groups (broad SMARTS) is 1. The van der Waals surface area contributed by atoms with Gasteiger partial charge in [0.2, 0.25) is 0 Å². The van der Waals surface area contributed by atoms with Crippen molar-refractivity contribution in [3.8, 4) is 5.75 Å². The van der Waals surface area contributed by atoms with Gasteiger partial charge in [-0.05, 0) is 36.6 Å². The number of carbonyl (C=O) groups excluding carboxylic acids is 2. The van der Waals surface area contributed by atoms with Crippen LogP contribution < -0.4 is 9.84 Å². The summed E-state index contributed by atoms with van der Waals surface area (Å²) in [6, 6.07) is 7.32. The van der Waals surface area contributed by atoms with Crippen LogP contribution in [0.2, 0.25) is 0 Å². The molecule has 1 fully saturated rings. The molecule has 5 nitrogen and oxygen atoms in total. The number of rotatable bonds is 6. The molecule has 0 bridgehead atoms. The molecule has 0 saturated carbocycles. The first kappa shape index (κ1) is 16.5. The molecule has 7 heteroatoms. The van der Waals surface area contributed by atoms with Crippen LogP contribution in [0.15, 0.2) is 29.2 Å². The van der Waals surface area contributed by atoms with E-state index in [0.717, 1.165) is 11.3 Å². The Morgan fingerprint density at radius 3 is 2.68 bits per heavy atom. The Labute approximate surface area is 137 Å². The molecule has 0 aromatic heterocycles. The van der Waals surface area contributed by atoms with Gasteiger partial charge in [-0.15, -0.1) is 0 Å². The SMILES string of the molecule is COc1ccc(/C=C2\SC(=S)N(CCCC(=O)[O-])C2=O)cc1. The summed E-state index contributed by atoms with van der Waals surface area (Å²) in [6.07, 6.45) is 2.00. The molecule has 116 valence electrons. The normalized spacial score (nSPS) is 16.4. The molecule has 1 aliphatic heterocycles. The first-order valence-corrected chi connectivity index (χ1v) is 7.83. The standard InChI is InChI=1S/C15H15NO4S2/c1-20-11-6-4-10(5-7-11)9-12-14(19)16(15(21)22-12)8-2-3-13(17)18/h4-7,9H,2-3,8H2,1H3,(H,17,18)/p-1/b12-9-. The van der Waals surface area contributed by atoms with Gasteiger partial charge in [0.1, 0.15) is 10.1 Å². The van der Waals surface area contributed by atoms with Crippen molar-refractivity contribution < 1.29 is 19.4 Å². The summed E-state index contributed by atoms with van der Waals surface area (Å²) in [5.74, 6) is -0.574. The third kappa shape index (κ3) is 4.08. The number of carbonyl (C=O) groups is 2. The van der Waals surface area contributed by atoms with Crippen LogP contribution >= 0.6 is 24.0 Å². The topological polar surface area (TPSA) is 69.7 Å². The number of benzene rings is 1. The third-order valence-corrected chi connectivity index (χ3v) is 4.43. The molecule has 0 aliphatic carbocycles. The lowest BCUT2D eigenvalue weighted by molar-refractivity contribution is -0.305. The minimum Gasteiger partial charge on any atom is -0.550 e. The number of nitrogens with zero attached hydrogens (tertiary/aromatic N) is 1. The number of thiocarbonyl (C=S) groups is 1. The maximum atomic E-state index is 12.3. The third-order valence-electron chi connectivity index (χ3n) is 3.05. The largest absolute Gasteiger partial charge is 0.550 e. The van der Waals surface area contributed by atoms with E-state index in [0.29, 0.717) is 22.2 Å². The zero-order valence-corrected chi connectivity index (χ0v) is 13.5. The van der Waals surface area contributed by atoms with Gasteiger partial charge in [-0.1, -0.05) is 36.1 Å². The van der Waals surface area contributed by atoms with E-state index in [2.05, 4.69) is 0 Å². The Balaban J connectivity index is 2.06. The van der Waals surface area contributed by atoms with Gasteiger partial charge in [0.05, 0.1) is 12.0 Å². The first-order chi connectivity index (χ1) is 10.5. The summed E-state index contributed by atoms with van der Waals surface area (Å²) in [5.41, 5.74) is 0.871. The minimum atomic E-state index is -1.13. The minimum absolute atomic E-state index is 0.0887. The molecule has 0 N–H and O–H groups in total. The molecule has 22 heavy (non-hydrogen) atoms. The summed E-state index contributed by atoms with van der Waals surface area (Å²) in [7, 11) is 1.59. The highest BCUT2D eigenvalue weighted by Gasteiger charge is 2.31. The van der Waals surface area contributed by atoms with Crippen molar-refractivity contribution in [1.82, 2.24) is 4.90 Å². The van der Waals surface area contributed by atoms with E-state index in [1.165, 1.54) is 16.7 Å². The second-order valence-electron chi connectivity index (χ2n) is 4.58. The van der Waals surface area contributed by atoms with Crippen molar-refractivity contribution in [2.24, 2.45) is 0 Å². The molecular weight excluding hydrogens is 322 g/mol. The maximum Gasteiger partial charge on any atom is 0.266 e. The highest BCUT2D eigenvalue weighted by Crippen LogP contribution is 2.32. The molecule has 1 aromatic carbocycles. The Kier molecular flexibility index (Phi) is 5.57. The summed E-state index contributed by atoms with van der Waals surface area (Å²) in [6.45, 7) is 0.290. The van der Waals surface area contributed by atoms with Crippen LogP contribution in [0.3, 0.4) is 0 Å². The predicted molar refractivity (Wildman–Crippen MR) is 87.1 cm³/mol. The van der Waals surface area contributed by atoms with Crippen LogP contribution in [-0.2, 0) is 9.59 Å². The lowest BCUT2D eigenvalue weighted by atomic mass is 10.2. The van der Waals surface area contributed by atoms with Gasteiger partial charge in [0, 0.05) is 12.5 Å². The summed E-state index contributed by atoms with van der Waals surface area (Å²) < 4.78 is 5.53. The van der Waals surface area contributed by atoms with Crippen LogP contribution in [0.4, 0.5) is 0 Å². The molecule has 0 atom stereocenters. The lowest BCUT2D eigenvalue weighted by Crippen LogP contribution is -2.30. The fourth-order valence-corrected chi connectivity index (χ4v) is 3.23. The van der Waals surface area contributed by atoms with E-state index in [-0.39, 0.29) is 12.3 Å². The highest BCUT2D eigenvalue weighted by atomic mass is 32.2. The smallest absolute Gasteiger partial charge is 0.266 e. The number of hydrogen-bond donors (Lipinski definition) is 0. The monoisotopic (exact) mass is 336 g/mol. The van der Waals surface area contributed by atoms with Crippen LogP contribution in [0.25, 0.3) is 6.08 Å². The molecule has 1 amide bonds. The molecule has 2 rings (SSSR count). The van der Waals surface area contributed by atoms with E-state index >= 15 is 0 Å². The van der Waals surface area contributed by atoms with Gasteiger partial charge in [0.15, 0.2) is 0 Å². The molecule has 0 unspecified atom stereocenters. The average molecular weight is 336 g/mol. The van der Waals surface area contributed by atoms with Gasteiger partial charge in [-0.25, -0.2) is 0 Å². The van der Waals surface area contributed by atoms with Crippen molar-refractivity contribution in [3.63, 3.8) is 0 Å². The van der Waals surface area contributed by atoms with E-state index in [9.17, 15) is 14.7 Å². The van der Waals surface area contributed by atoms with Gasteiger partial charge < -0.3 is 14.6 Å². The zero-order chi connectivity index (χ0) is 16.1. The Morgan fingerprint density at radius 2 is 2.09 bits per heavy atom. The van der Waals surface area contributed by atoms with Crippen molar-refractivity contribution >= 4 is 46.3 Å². The number of carboxylic acids is 1. The molecule has 0 spiro atoms. The fraction of sp³-hybridized carbons (Fsp3) is 0.267. The quantitative estimate of drug-likeness (QED) is 0.578. The van der Waals surface area contributed by atoms with Gasteiger partial charge in [-0.3, -0.25) is 9.69 Å². The number of amides is 1. The molecule has 1 heterocycles. The Morgan fingerprint density at radius 1 is 1.41 bits per heavy atom. The molecule has 1 saturated heterocycles. The Hall–Kier alpha value is -1.86. The van der Waals surface area contributed by atoms with E-state index in [1.54, 1.807) is 13.2 Å². The van der Waals surface area contributed by atoms with Gasteiger partial charge >= 0.3 is 0 Å². The number of thioether (sulfide) groups is 1. The van der Waals surface area contributed by atoms with E-state index in [1.807, 2.05) is 24.3 Å².